The maximum Gasteiger partial charge on any atom is 0.243 e. The standard InChI is InChI=1S/C34H50N4O5/c1-34(2,3)29(39)18-25(16-22-10-6-4-7-11-22)32(42)38-28(19-26-20-35-21-36-26)33(43)37-27(17-23-12-8-5-9-13-23)31(41)30(40)24-14-15-24/h4,6-7,10-11,20-21,23-25,27-28,30-31,40-41H,5,8-9,12-19H2,1-3H3,(H,35,36)(H,37,43)(H,38,42)/t25-,27+,28?,30+,31-/m1/s1. The Morgan fingerprint density at radius 3 is 2.26 bits per heavy atom. The lowest BCUT2D eigenvalue weighted by Gasteiger charge is -2.33. The first-order chi connectivity index (χ1) is 20.5. The molecule has 2 amide bonds. The van der Waals surface area contributed by atoms with Gasteiger partial charge in [-0.25, -0.2) is 4.98 Å². The number of nitrogens with one attached hydrogen (secondary N) is 3. The van der Waals surface area contributed by atoms with Crippen molar-refractivity contribution in [2.45, 2.75) is 116 Å². The van der Waals surface area contributed by atoms with E-state index in [1.807, 2.05) is 51.1 Å². The van der Waals surface area contributed by atoms with Gasteiger partial charge in [-0.15, -0.1) is 0 Å². The van der Waals surface area contributed by atoms with Gasteiger partial charge in [-0.1, -0.05) is 83.2 Å². The number of imidazole rings is 1. The summed E-state index contributed by atoms with van der Waals surface area (Å²) >= 11 is 0. The third kappa shape index (κ3) is 10.00. The van der Waals surface area contributed by atoms with Gasteiger partial charge in [0, 0.05) is 30.4 Å². The van der Waals surface area contributed by atoms with Crippen LogP contribution in [0.15, 0.2) is 42.9 Å². The highest BCUT2D eigenvalue weighted by Crippen LogP contribution is 2.36. The SMILES string of the molecule is CC(C)(C)C(=O)C[C@@H](Cc1ccccc1)C(=O)NC(Cc1c[nH]cn1)C(=O)N[C@@H](CC1CCCCC1)[C@@H](O)[C@@H](O)C1CC1. The summed E-state index contributed by atoms with van der Waals surface area (Å²) in [4.78, 5) is 48.0. The second kappa shape index (κ2) is 15.1. The van der Waals surface area contributed by atoms with Crippen LogP contribution in [-0.4, -0.2) is 62.1 Å². The molecule has 2 aliphatic carbocycles. The molecule has 43 heavy (non-hydrogen) atoms. The molecule has 236 valence electrons. The van der Waals surface area contributed by atoms with Gasteiger partial charge in [0.15, 0.2) is 0 Å². The van der Waals surface area contributed by atoms with Crippen LogP contribution < -0.4 is 10.6 Å². The van der Waals surface area contributed by atoms with Gasteiger partial charge < -0.3 is 25.8 Å². The van der Waals surface area contributed by atoms with Crippen molar-refractivity contribution in [2.24, 2.45) is 23.2 Å². The highest BCUT2D eigenvalue weighted by molar-refractivity contribution is 5.92. The quantitative estimate of drug-likeness (QED) is 0.212. The first-order valence-electron chi connectivity index (χ1n) is 16.0. The van der Waals surface area contributed by atoms with E-state index in [0.717, 1.165) is 44.1 Å². The summed E-state index contributed by atoms with van der Waals surface area (Å²) in [5.41, 5.74) is 0.932. The normalized spacial score (nSPS) is 19.6. The van der Waals surface area contributed by atoms with Gasteiger partial charge in [0.05, 0.1) is 24.2 Å². The lowest BCUT2D eigenvalue weighted by atomic mass is 9.82. The fraction of sp³-hybridized carbons (Fsp3) is 0.647. The third-order valence-corrected chi connectivity index (χ3v) is 9.07. The monoisotopic (exact) mass is 594 g/mol. The Bertz CT molecular complexity index is 1170. The molecule has 0 radical (unpaired) electrons. The van der Waals surface area contributed by atoms with E-state index in [0.29, 0.717) is 24.5 Å². The van der Waals surface area contributed by atoms with Crippen LogP contribution in [-0.2, 0) is 27.2 Å². The molecule has 1 heterocycles. The van der Waals surface area contributed by atoms with Gasteiger partial charge in [0.1, 0.15) is 17.9 Å². The number of hydrogen-bond donors (Lipinski definition) is 5. The van der Waals surface area contributed by atoms with E-state index in [1.165, 1.54) is 12.7 Å². The average Bonchev–Trinajstić information content (AvgIpc) is 3.71. The lowest BCUT2D eigenvalue weighted by Crippen LogP contribution is -2.56. The fourth-order valence-electron chi connectivity index (χ4n) is 6.10. The van der Waals surface area contributed by atoms with Crippen LogP contribution in [0.3, 0.4) is 0 Å². The van der Waals surface area contributed by atoms with E-state index >= 15 is 0 Å². The first kappa shape index (κ1) is 32.9. The first-order valence-corrected chi connectivity index (χ1v) is 16.0. The van der Waals surface area contributed by atoms with E-state index in [2.05, 4.69) is 20.6 Å². The van der Waals surface area contributed by atoms with Crippen LogP contribution in [0, 0.1) is 23.2 Å². The molecular weight excluding hydrogens is 544 g/mol. The Kier molecular flexibility index (Phi) is 11.5. The summed E-state index contributed by atoms with van der Waals surface area (Å²) in [6.07, 6.45) is 9.62. The van der Waals surface area contributed by atoms with Crippen LogP contribution in [0.1, 0.15) is 89.8 Å². The maximum atomic E-state index is 13.9. The molecule has 9 heteroatoms. The van der Waals surface area contributed by atoms with E-state index in [-0.39, 0.29) is 30.4 Å². The Hall–Kier alpha value is -3.04. The zero-order valence-corrected chi connectivity index (χ0v) is 25.9. The van der Waals surface area contributed by atoms with Gasteiger partial charge in [0.2, 0.25) is 11.8 Å². The number of aromatic nitrogens is 2. The Morgan fingerprint density at radius 2 is 1.65 bits per heavy atom. The minimum Gasteiger partial charge on any atom is -0.390 e. The molecule has 0 saturated heterocycles. The van der Waals surface area contributed by atoms with Crippen LogP contribution in [0.2, 0.25) is 0 Å². The van der Waals surface area contributed by atoms with Crippen molar-refractivity contribution in [1.82, 2.24) is 20.6 Å². The number of hydrogen-bond acceptors (Lipinski definition) is 6. The molecule has 0 bridgehead atoms. The second-order valence-corrected chi connectivity index (χ2v) is 13.8. The molecule has 1 unspecified atom stereocenters. The molecule has 4 rings (SSSR count). The summed E-state index contributed by atoms with van der Waals surface area (Å²) in [7, 11) is 0. The van der Waals surface area contributed by atoms with Crippen molar-refractivity contribution in [3.8, 4) is 0 Å². The fourth-order valence-corrected chi connectivity index (χ4v) is 6.10. The van der Waals surface area contributed by atoms with Gasteiger partial charge in [-0.2, -0.15) is 0 Å². The van der Waals surface area contributed by atoms with Crippen molar-refractivity contribution in [1.29, 1.82) is 0 Å². The Morgan fingerprint density at radius 1 is 0.953 bits per heavy atom. The van der Waals surface area contributed by atoms with Crippen molar-refractivity contribution in [3.63, 3.8) is 0 Å². The number of amides is 2. The molecular formula is C34H50N4O5. The molecule has 0 aliphatic heterocycles. The molecule has 2 saturated carbocycles. The van der Waals surface area contributed by atoms with Gasteiger partial charge in [-0.05, 0) is 43.1 Å². The highest BCUT2D eigenvalue weighted by atomic mass is 16.3. The lowest BCUT2D eigenvalue weighted by molar-refractivity contribution is -0.135. The number of nitrogens with zero attached hydrogens (tertiary/aromatic N) is 1. The zero-order chi connectivity index (χ0) is 31.0. The Labute approximate surface area is 255 Å². The topological polar surface area (TPSA) is 144 Å². The molecule has 2 aliphatic rings. The summed E-state index contributed by atoms with van der Waals surface area (Å²) in [6.45, 7) is 5.53. The predicted molar refractivity (Wildman–Crippen MR) is 165 cm³/mol. The van der Waals surface area contributed by atoms with Crippen molar-refractivity contribution >= 4 is 17.6 Å². The molecule has 5 atom stereocenters. The van der Waals surface area contributed by atoms with Crippen molar-refractivity contribution < 1.29 is 24.6 Å². The summed E-state index contributed by atoms with van der Waals surface area (Å²) < 4.78 is 0. The number of benzene rings is 1. The number of aliphatic hydroxyl groups is 2. The van der Waals surface area contributed by atoms with Crippen molar-refractivity contribution in [3.05, 3.63) is 54.1 Å². The minimum atomic E-state index is -1.09. The zero-order valence-electron chi connectivity index (χ0n) is 25.9. The van der Waals surface area contributed by atoms with Gasteiger partial charge in [-0.3, -0.25) is 14.4 Å². The van der Waals surface area contributed by atoms with Crippen LogP contribution in [0.4, 0.5) is 0 Å². The number of carbonyl (C=O) groups excluding carboxylic acids is 3. The molecule has 1 aromatic heterocycles. The van der Waals surface area contributed by atoms with Gasteiger partial charge >= 0.3 is 0 Å². The highest BCUT2D eigenvalue weighted by Gasteiger charge is 2.40. The smallest absolute Gasteiger partial charge is 0.243 e. The molecule has 9 nitrogen and oxygen atoms in total. The van der Waals surface area contributed by atoms with E-state index < -0.39 is 41.5 Å². The predicted octanol–water partition coefficient (Wildman–Crippen LogP) is 3.89. The largest absolute Gasteiger partial charge is 0.390 e. The average molecular weight is 595 g/mol. The van der Waals surface area contributed by atoms with Crippen molar-refractivity contribution in [2.75, 3.05) is 0 Å². The summed E-state index contributed by atoms with van der Waals surface area (Å²) in [5, 5.41) is 28.0. The third-order valence-electron chi connectivity index (χ3n) is 9.07. The molecule has 0 spiro atoms. The van der Waals surface area contributed by atoms with Gasteiger partial charge in [0.25, 0.3) is 0 Å². The number of rotatable bonds is 15. The summed E-state index contributed by atoms with van der Waals surface area (Å²) in [6, 6.07) is 7.96. The molecule has 2 fully saturated rings. The number of Topliss-reactive ketones (excluding diaryl/α,β-unsaturated/α-hetero) is 1. The van der Waals surface area contributed by atoms with E-state index in [1.54, 1.807) is 6.20 Å². The number of ketones is 1. The van der Waals surface area contributed by atoms with Crippen LogP contribution in [0.25, 0.3) is 0 Å². The van der Waals surface area contributed by atoms with Crippen LogP contribution >= 0.6 is 0 Å². The maximum absolute atomic E-state index is 13.9. The van der Waals surface area contributed by atoms with E-state index in [4.69, 9.17) is 0 Å². The van der Waals surface area contributed by atoms with E-state index in [9.17, 15) is 24.6 Å². The number of H-pyrrole nitrogens is 1. The molecule has 2 aromatic rings. The summed E-state index contributed by atoms with van der Waals surface area (Å²) in [5.74, 6) is -1.08. The number of aliphatic hydroxyl groups excluding tert-OH is 2. The number of aromatic amines is 1. The molecule has 1 aromatic carbocycles. The minimum absolute atomic E-state index is 0.0263. The van der Waals surface area contributed by atoms with Crippen LogP contribution in [0.5, 0.6) is 0 Å². The number of carbonyl (C=O) groups is 3. The molecule has 5 N–H and O–H groups in total. The Balaban J connectivity index is 1.53. The second-order valence-electron chi connectivity index (χ2n) is 13.8.